The van der Waals surface area contributed by atoms with Crippen LogP contribution in [0.2, 0.25) is 0 Å². The van der Waals surface area contributed by atoms with E-state index in [-0.39, 0.29) is 0 Å². The number of nitrogens with one attached hydrogen (secondary N) is 1. The second kappa shape index (κ2) is 4.53. The Morgan fingerprint density at radius 3 is 2.75 bits per heavy atom. The van der Waals surface area contributed by atoms with Crippen LogP contribution in [-0.2, 0) is 0 Å². The topological polar surface area (TPSA) is 12.0 Å². The lowest BCUT2D eigenvalue weighted by Crippen LogP contribution is -2.09. The Morgan fingerprint density at radius 1 is 1.75 bits per heavy atom. The van der Waals surface area contributed by atoms with Gasteiger partial charge in [0.2, 0.25) is 0 Å². The van der Waals surface area contributed by atoms with Crippen molar-refractivity contribution in [1.29, 1.82) is 0 Å². The summed E-state index contributed by atoms with van der Waals surface area (Å²) in [6.07, 6.45) is 5.23. The molecule has 44 valence electrons. The Bertz CT molecular complexity index is 116. The van der Waals surface area contributed by atoms with Gasteiger partial charge < -0.3 is 5.32 Å². The smallest absolute Gasteiger partial charge is 0.102 e. The van der Waals surface area contributed by atoms with Gasteiger partial charge in [-0.15, -0.1) is 0 Å². The molecule has 0 atom stereocenters. The Kier molecular flexibility index (Phi) is 4.17. The van der Waals surface area contributed by atoms with Gasteiger partial charge in [0.25, 0.3) is 0 Å². The summed E-state index contributed by atoms with van der Waals surface area (Å²) in [4.78, 5) is 0.697. The summed E-state index contributed by atoms with van der Waals surface area (Å²) in [5.41, 5.74) is 0. The Balaban J connectivity index is 3.48. The normalized spacial score (nSPS) is 9.12. The molecule has 0 spiro atoms. The molecular weight excluding hydrogens is 118 g/mol. The van der Waals surface area contributed by atoms with Crippen molar-refractivity contribution < 1.29 is 0 Å². The minimum atomic E-state index is 0.697. The van der Waals surface area contributed by atoms with Gasteiger partial charge in [-0.1, -0.05) is 24.9 Å². The predicted octanol–water partition coefficient (Wildman–Crippen LogP) is 1.62. The summed E-state index contributed by atoms with van der Waals surface area (Å²) in [6.45, 7) is 5.36. The molecule has 0 fully saturated rings. The molecule has 0 aliphatic rings. The first-order valence-electron chi connectivity index (χ1n) is 2.35. The van der Waals surface area contributed by atoms with Crippen LogP contribution in [0, 0.1) is 0 Å². The number of hydrogen-bond acceptors (Lipinski definition) is 1. The lowest BCUT2D eigenvalue weighted by molar-refractivity contribution is 1.33. The van der Waals surface area contributed by atoms with Crippen molar-refractivity contribution in [2.45, 2.75) is 6.92 Å². The van der Waals surface area contributed by atoms with Crippen LogP contribution < -0.4 is 5.32 Å². The maximum atomic E-state index is 4.78. The molecule has 8 heavy (non-hydrogen) atoms. The molecule has 0 unspecified atom stereocenters. The number of rotatable bonds is 2. The highest BCUT2D eigenvalue weighted by atomic mass is 32.1. The molecule has 0 heterocycles. The first-order valence-corrected chi connectivity index (χ1v) is 2.76. The summed E-state index contributed by atoms with van der Waals surface area (Å²) in [6, 6.07) is 0. The maximum Gasteiger partial charge on any atom is 0.102 e. The third-order valence-electron chi connectivity index (χ3n) is 0.562. The van der Waals surface area contributed by atoms with Gasteiger partial charge in [0.1, 0.15) is 4.99 Å². The fraction of sp³-hybridized carbons (Fsp3) is 0.167. The van der Waals surface area contributed by atoms with Gasteiger partial charge in [0.05, 0.1) is 0 Å². The third kappa shape index (κ3) is 3.56. The summed E-state index contributed by atoms with van der Waals surface area (Å²) in [5.74, 6) is 0. The number of allylic oxidation sites excluding steroid dienone is 1. The molecule has 1 N–H and O–H groups in total. The third-order valence-corrected chi connectivity index (χ3v) is 0.816. The van der Waals surface area contributed by atoms with Crippen molar-refractivity contribution >= 4 is 17.2 Å². The second-order valence-electron chi connectivity index (χ2n) is 1.21. The van der Waals surface area contributed by atoms with E-state index in [4.69, 9.17) is 12.2 Å². The first kappa shape index (κ1) is 7.37. The maximum absolute atomic E-state index is 4.78. The van der Waals surface area contributed by atoms with Crippen LogP contribution in [0.5, 0.6) is 0 Å². The van der Waals surface area contributed by atoms with Gasteiger partial charge in [-0.05, 0) is 19.2 Å². The minimum absolute atomic E-state index is 0.697. The molecule has 1 nitrogen and oxygen atoms in total. The molecule has 0 rings (SSSR count). The molecular formula is C6H9NS. The van der Waals surface area contributed by atoms with E-state index in [1.165, 1.54) is 0 Å². The van der Waals surface area contributed by atoms with Crippen molar-refractivity contribution in [3.63, 3.8) is 0 Å². The van der Waals surface area contributed by atoms with Gasteiger partial charge in [-0.3, -0.25) is 0 Å². The van der Waals surface area contributed by atoms with Gasteiger partial charge in [-0.25, -0.2) is 0 Å². The molecule has 0 aromatic carbocycles. The number of thiocarbonyl (C=S) groups is 1. The van der Waals surface area contributed by atoms with E-state index in [0.29, 0.717) is 4.99 Å². The van der Waals surface area contributed by atoms with E-state index < -0.39 is 0 Å². The first-order chi connectivity index (χ1) is 3.81. The zero-order valence-electron chi connectivity index (χ0n) is 4.85. The zero-order chi connectivity index (χ0) is 6.41. The molecule has 0 aliphatic heterocycles. The highest BCUT2D eigenvalue weighted by Crippen LogP contribution is 1.74. The van der Waals surface area contributed by atoms with E-state index in [2.05, 4.69) is 11.9 Å². The van der Waals surface area contributed by atoms with Crippen LogP contribution in [0.1, 0.15) is 6.92 Å². The molecule has 2 heteroatoms. The highest BCUT2D eigenvalue weighted by molar-refractivity contribution is 7.80. The molecule has 0 aromatic rings. The van der Waals surface area contributed by atoms with Gasteiger partial charge in [0, 0.05) is 0 Å². The lowest BCUT2D eigenvalue weighted by atomic mass is 10.5. The zero-order valence-corrected chi connectivity index (χ0v) is 5.66. The Labute approximate surface area is 55.1 Å². The SMILES string of the molecule is C=CNC(=S)/C=C\C. The van der Waals surface area contributed by atoms with E-state index in [1.807, 2.05) is 13.0 Å². The standard InChI is InChI=1S/C6H9NS/c1-3-5-6(8)7-4-2/h3-5H,2H2,1H3,(H,7,8)/b5-3-. The van der Waals surface area contributed by atoms with E-state index in [9.17, 15) is 0 Å². The average Bonchev–Trinajstić information content (AvgIpc) is 1.68. The van der Waals surface area contributed by atoms with Gasteiger partial charge in [-0.2, -0.15) is 0 Å². The van der Waals surface area contributed by atoms with Crippen LogP contribution in [0.3, 0.4) is 0 Å². The van der Waals surface area contributed by atoms with Crippen LogP contribution >= 0.6 is 12.2 Å². The Morgan fingerprint density at radius 2 is 2.38 bits per heavy atom. The van der Waals surface area contributed by atoms with Crippen molar-refractivity contribution in [3.8, 4) is 0 Å². The summed E-state index contributed by atoms with van der Waals surface area (Å²) < 4.78 is 0. The lowest BCUT2D eigenvalue weighted by Gasteiger charge is -1.91. The van der Waals surface area contributed by atoms with Crippen molar-refractivity contribution in [2.75, 3.05) is 0 Å². The molecule has 0 saturated heterocycles. The summed E-state index contributed by atoms with van der Waals surface area (Å²) >= 11 is 4.78. The van der Waals surface area contributed by atoms with Crippen LogP contribution in [0.4, 0.5) is 0 Å². The second-order valence-corrected chi connectivity index (χ2v) is 1.65. The van der Waals surface area contributed by atoms with E-state index in [1.54, 1.807) is 12.3 Å². The van der Waals surface area contributed by atoms with Gasteiger partial charge in [0.15, 0.2) is 0 Å². The van der Waals surface area contributed by atoms with E-state index in [0.717, 1.165) is 0 Å². The fourth-order valence-electron chi connectivity index (χ4n) is 0.300. The largest absolute Gasteiger partial charge is 0.354 e. The van der Waals surface area contributed by atoms with E-state index >= 15 is 0 Å². The quantitative estimate of drug-likeness (QED) is 0.447. The molecule has 0 radical (unpaired) electrons. The molecule has 0 aliphatic carbocycles. The molecule has 0 amide bonds. The number of hydrogen-bond donors (Lipinski definition) is 1. The van der Waals surface area contributed by atoms with Crippen molar-refractivity contribution in [1.82, 2.24) is 5.32 Å². The average molecular weight is 127 g/mol. The monoisotopic (exact) mass is 127 g/mol. The predicted molar refractivity (Wildman–Crippen MR) is 40.7 cm³/mol. The molecule has 0 aromatic heterocycles. The highest BCUT2D eigenvalue weighted by Gasteiger charge is 1.77. The van der Waals surface area contributed by atoms with Crippen LogP contribution in [0.25, 0.3) is 0 Å². The molecule has 0 bridgehead atoms. The molecule has 0 saturated carbocycles. The van der Waals surface area contributed by atoms with Crippen LogP contribution in [-0.4, -0.2) is 4.99 Å². The minimum Gasteiger partial charge on any atom is -0.354 e. The summed E-state index contributed by atoms with van der Waals surface area (Å²) in [7, 11) is 0. The summed E-state index contributed by atoms with van der Waals surface area (Å²) in [5, 5.41) is 2.75. The fourth-order valence-corrected chi connectivity index (χ4v) is 0.519. The van der Waals surface area contributed by atoms with Crippen molar-refractivity contribution in [3.05, 3.63) is 24.9 Å². The van der Waals surface area contributed by atoms with Gasteiger partial charge >= 0.3 is 0 Å². The Hall–Kier alpha value is -0.630. The van der Waals surface area contributed by atoms with Crippen LogP contribution in [0.15, 0.2) is 24.9 Å². The van der Waals surface area contributed by atoms with Crippen molar-refractivity contribution in [2.24, 2.45) is 0 Å².